The van der Waals surface area contributed by atoms with Crippen molar-refractivity contribution in [1.29, 1.82) is 0 Å². The maximum Gasteiger partial charge on any atom is 0.312 e. The minimum absolute atomic E-state index is 0.0194. The maximum atomic E-state index is 11.6. The Balaban J connectivity index is 2.57. The van der Waals surface area contributed by atoms with E-state index < -0.39 is 16.1 Å². The topological polar surface area (TPSA) is 92.7 Å². The highest BCUT2D eigenvalue weighted by atomic mass is 32.2. The van der Waals surface area contributed by atoms with Gasteiger partial charge in [-0.2, -0.15) is 18.2 Å². The molecule has 0 radical (unpaired) electrons. The van der Waals surface area contributed by atoms with Crippen LogP contribution in [0.2, 0.25) is 0 Å². The molecule has 94 valence electrons. The van der Waals surface area contributed by atoms with Gasteiger partial charge in [-0.15, -0.1) is 0 Å². The average molecular weight is 259 g/mol. The normalized spacial score (nSPS) is 11.4. The minimum Gasteiger partial charge on any atom is -0.481 e. The number of benzene rings is 1. The highest BCUT2D eigenvalue weighted by Crippen LogP contribution is 2.11. The summed E-state index contributed by atoms with van der Waals surface area (Å²) in [5, 5.41) is 8.35. The number of hydroxylamine groups is 1. The molecule has 0 aliphatic heterocycles. The highest BCUT2D eigenvalue weighted by Gasteiger charge is 2.14. The number of carboxylic acid groups (broad SMARTS) is 1. The predicted octanol–water partition coefficient (Wildman–Crippen LogP) is 0.680. The molecule has 0 bridgehead atoms. The molecule has 0 amide bonds. The Morgan fingerprint density at radius 3 is 2.47 bits per heavy atom. The molecular weight excluding hydrogens is 246 g/mol. The first-order valence-corrected chi connectivity index (χ1v) is 6.27. The monoisotopic (exact) mass is 259 g/mol. The van der Waals surface area contributed by atoms with E-state index in [0.29, 0.717) is 0 Å². The van der Waals surface area contributed by atoms with E-state index in [9.17, 15) is 13.2 Å². The van der Waals surface area contributed by atoms with Gasteiger partial charge in [-0.25, -0.2) is 0 Å². The molecule has 0 atom stereocenters. The van der Waals surface area contributed by atoms with Crippen LogP contribution in [0.4, 0.5) is 0 Å². The lowest BCUT2D eigenvalue weighted by Gasteiger charge is -2.05. The second-order valence-electron chi connectivity index (χ2n) is 3.39. The summed E-state index contributed by atoms with van der Waals surface area (Å²) in [6, 6.07) is 6.13. The number of carbonyl (C=O) groups is 1. The lowest BCUT2D eigenvalue weighted by molar-refractivity contribution is -0.137. The van der Waals surface area contributed by atoms with Crippen LogP contribution in [0.25, 0.3) is 0 Å². The van der Waals surface area contributed by atoms with Gasteiger partial charge in [0.2, 0.25) is 0 Å². The summed E-state index contributed by atoms with van der Waals surface area (Å²) in [5.41, 5.74) is 3.03. The number of nitrogens with one attached hydrogen (secondary N) is 1. The van der Waals surface area contributed by atoms with Gasteiger partial charge >= 0.3 is 16.1 Å². The molecule has 1 aromatic rings. The second-order valence-corrected chi connectivity index (χ2v) is 4.93. The van der Waals surface area contributed by atoms with Gasteiger partial charge in [-0.05, 0) is 19.1 Å². The summed E-state index contributed by atoms with van der Waals surface area (Å²) in [5.74, 6) is -1.03. The Hall–Kier alpha value is -1.44. The molecule has 6 nitrogen and oxygen atoms in total. The first-order valence-electron chi connectivity index (χ1n) is 4.86. The largest absolute Gasteiger partial charge is 0.481 e. The van der Waals surface area contributed by atoms with Gasteiger partial charge in [0.05, 0.1) is 11.3 Å². The molecule has 0 spiro atoms. The SMILES string of the molecule is Cc1ccc(S(=O)(=O)ONCCC(=O)O)cc1. The van der Waals surface area contributed by atoms with Crippen molar-refractivity contribution < 1.29 is 22.6 Å². The van der Waals surface area contributed by atoms with Gasteiger partial charge in [0, 0.05) is 6.54 Å². The van der Waals surface area contributed by atoms with Crippen LogP contribution < -0.4 is 5.48 Å². The van der Waals surface area contributed by atoms with Crippen molar-refractivity contribution in [3.63, 3.8) is 0 Å². The number of rotatable bonds is 6. The molecule has 0 aromatic heterocycles. The molecular formula is C10H13NO5S. The van der Waals surface area contributed by atoms with Crippen LogP contribution in [0.1, 0.15) is 12.0 Å². The van der Waals surface area contributed by atoms with Gasteiger partial charge in [0.25, 0.3) is 0 Å². The third-order valence-corrected chi connectivity index (χ3v) is 3.11. The van der Waals surface area contributed by atoms with Crippen molar-refractivity contribution in [3.8, 4) is 0 Å². The van der Waals surface area contributed by atoms with E-state index in [4.69, 9.17) is 5.11 Å². The first-order chi connectivity index (χ1) is 7.92. The fraction of sp³-hybridized carbons (Fsp3) is 0.300. The number of hydrogen-bond donors (Lipinski definition) is 2. The Labute approximate surface area is 99.3 Å². The van der Waals surface area contributed by atoms with Crippen LogP contribution in [-0.4, -0.2) is 26.0 Å². The van der Waals surface area contributed by atoms with Crippen LogP contribution in [0.5, 0.6) is 0 Å². The van der Waals surface area contributed by atoms with Crippen molar-refractivity contribution in [3.05, 3.63) is 29.8 Å². The van der Waals surface area contributed by atoms with E-state index >= 15 is 0 Å². The number of aliphatic carboxylic acids is 1. The first kappa shape index (κ1) is 13.6. The number of hydrogen-bond acceptors (Lipinski definition) is 5. The summed E-state index contributed by atoms with van der Waals surface area (Å²) in [6.45, 7) is 1.75. The molecule has 17 heavy (non-hydrogen) atoms. The van der Waals surface area contributed by atoms with Crippen LogP contribution in [0.15, 0.2) is 29.2 Å². The van der Waals surface area contributed by atoms with Gasteiger partial charge in [-0.1, -0.05) is 17.7 Å². The lowest BCUT2D eigenvalue weighted by atomic mass is 10.2. The van der Waals surface area contributed by atoms with Crippen molar-refractivity contribution in [2.24, 2.45) is 0 Å². The van der Waals surface area contributed by atoms with E-state index in [0.717, 1.165) is 5.56 Å². The van der Waals surface area contributed by atoms with Gasteiger partial charge in [-0.3, -0.25) is 4.79 Å². The number of aryl methyl sites for hydroxylation is 1. The van der Waals surface area contributed by atoms with E-state index in [1.54, 1.807) is 12.1 Å². The molecule has 2 N–H and O–H groups in total. The standard InChI is InChI=1S/C10H13NO5S/c1-8-2-4-9(5-3-8)17(14,15)16-11-7-6-10(12)13/h2-5,11H,6-7H2,1H3,(H,12,13). The summed E-state index contributed by atoms with van der Waals surface area (Å²) in [7, 11) is -3.88. The van der Waals surface area contributed by atoms with E-state index in [-0.39, 0.29) is 17.9 Å². The molecule has 0 saturated heterocycles. The highest BCUT2D eigenvalue weighted by molar-refractivity contribution is 7.86. The van der Waals surface area contributed by atoms with Crippen LogP contribution in [-0.2, 0) is 19.2 Å². The van der Waals surface area contributed by atoms with Crippen molar-refractivity contribution in [1.82, 2.24) is 5.48 Å². The third-order valence-electron chi connectivity index (χ3n) is 1.92. The Bertz CT molecular complexity index is 480. The second kappa shape index (κ2) is 5.76. The van der Waals surface area contributed by atoms with E-state index in [2.05, 4.69) is 9.76 Å². The zero-order valence-corrected chi connectivity index (χ0v) is 10.0. The quantitative estimate of drug-likeness (QED) is 0.576. The Morgan fingerprint density at radius 1 is 1.35 bits per heavy atom. The molecule has 0 unspecified atom stereocenters. The van der Waals surface area contributed by atoms with Crippen molar-refractivity contribution in [2.75, 3.05) is 6.54 Å². The summed E-state index contributed by atoms with van der Waals surface area (Å²) < 4.78 is 27.6. The zero-order chi connectivity index (χ0) is 12.9. The van der Waals surface area contributed by atoms with Gasteiger partial charge in [0.15, 0.2) is 0 Å². The van der Waals surface area contributed by atoms with Crippen molar-refractivity contribution >= 4 is 16.1 Å². The molecule has 0 aliphatic carbocycles. The van der Waals surface area contributed by atoms with Gasteiger partial charge < -0.3 is 5.11 Å². The number of carboxylic acids is 1. The van der Waals surface area contributed by atoms with Crippen LogP contribution in [0.3, 0.4) is 0 Å². The molecule has 7 heteroatoms. The zero-order valence-electron chi connectivity index (χ0n) is 9.21. The summed E-state index contributed by atoms with van der Waals surface area (Å²) >= 11 is 0. The summed E-state index contributed by atoms with van der Waals surface area (Å²) in [6.07, 6.45) is -0.219. The van der Waals surface area contributed by atoms with Crippen LogP contribution >= 0.6 is 0 Å². The fourth-order valence-electron chi connectivity index (χ4n) is 1.03. The molecule has 0 aliphatic rings. The smallest absolute Gasteiger partial charge is 0.312 e. The fourth-order valence-corrected chi connectivity index (χ4v) is 1.83. The lowest BCUT2D eigenvalue weighted by Crippen LogP contribution is -2.23. The summed E-state index contributed by atoms with van der Waals surface area (Å²) in [4.78, 5) is 10.2. The molecule has 1 aromatic carbocycles. The Kier molecular flexibility index (Phi) is 4.62. The minimum atomic E-state index is -3.88. The molecule has 0 fully saturated rings. The average Bonchev–Trinajstić information content (AvgIpc) is 2.25. The molecule has 1 rings (SSSR count). The predicted molar refractivity (Wildman–Crippen MR) is 59.7 cm³/mol. The van der Waals surface area contributed by atoms with Gasteiger partial charge in [0.1, 0.15) is 0 Å². The van der Waals surface area contributed by atoms with Crippen LogP contribution in [0, 0.1) is 6.92 Å². The molecule has 0 saturated carbocycles. The Morgan fingerprint density at radius 2 is 1.94 bits per heavy atom. The maximum absolute atomic E-state index is 11.6. The third kappa shape index (κ3) is 4.51. The van der Waals surface area contributed by atoms with E-state index in [1.165, 1.54) is 12.1 Å². The van der Waals surface area contributed by atoms with Crippen molar-refractivity contribution in [2.45, 2.75) is 18.2 Å². The molecule has 0 heterocycles. The van der Waals surface area contributed by atoms with E-state index in [1.807, 2.05) is 6.92 Å².